The molecule has 0 bridgehead atoms. The normalized spacial score (nSPS) is 12.2. The zero-order chi connectivity index (χ0) is 40.1. The highest BCUT2D eigenvalue weighted by molar-refractivity contribution is 5.80. The lowest BCUT2D eigenvalue weighted by atomic mass is 9.98. The summed E-state index contributed by atoms with van der Waals surface area (Å²) in [5.74, 6) is 2.70. The summed E-state index contributed by atoms with van der Waals surface area (Å²) < 4.78 is 0. The molecule has 0 spiro atoms. The van der Waals surface area contributed by atoms with E-state index in [9.17, 15) is 0 Å². The molecule has 0 saturated carbocycles. The van der Waals surface area contributed by atoms with Crippen molar-refractivity contribution in [2.45, 2.75) is 12.8 Å². The minimum Gasteiger partial charge on any atom is -0.228 e. The van der Waals surface area contributed by atoms with Crippen molar-refractivity contribution < 1.29 is 0 Å². The van der Waals surface area contributed by atoms with Crippen LogP contribution >= 0.6 is 0 Å². The molecule has 0 unspecified atom stereocenters. The van der Waals surface area contributed by atoms with Crippen LogP contribution in [0.2, 0.25) is 0 Å². The van der Waals surface area contributed by atoms with Crippen molar-refractivity contribution in [1.29, 1.82) is 0 Å². The standard InChI is InChI=1S/C55H39N5/c1-5-17-38(18-6-1)42-25-13-29-46(33-42)50-37-51(57-54(56-50)48-31-15-26-43(35-48)39-19-7-2-8-20-39)47-30-14-27-44(34-47)45-28-16-32-49(36-45)55-59-52(40-21-9-3-10-22-40)58-53(60-55)41-23-11-4-12-24-41/h1-11,13-23,25-37H,12,24H2. The van der Waals surface area contributed by atoms with Gasteiger partial charge in [-0.3, -0.25) is 0 Å². The second-order valence-electron chi connectivity index (χ2n) is 14.8. The second-order valence-corrected chi connectivity index (χ2v) is 14.8. The Morgan fingerprint density at radius 1 is 0.283 bits per heavy atom. The average Bonchev–Trinajstić information content (AvgIpc) is 3.35. The van der Waals surface area contributed by atoms with Gasteiger partial charge >= 0.3 is 0 Å². The van der Waals surface area contributed by atoms with Gasteiger partial charge in [0, 0.05) is 27.8 Å². The summed E-state index contributed by atoms with van der Waals surface area (Å²) in [5, 5.41) is 0. The van der Waals surface area contributed by atoms with Crippen LogP contribution in [0.25, 0.3) is 95.6 Å². The maximum absolute atomic E-state index is 5.26. The van der Waals surface area contributed by atoms with Crippen LogP contribution in [0, 0.1) is 0 Å². The van der Waals surface area contributed by atoms with E-state index in [-0.39, 0.29) is 0 Å². The highest BCUT2D eigenvalue weighted by atomic mass is 15.0. The fourth-order valence-electron chi connectivity index (χ4n) is 7.68. The van der Waals surface area contributed by atoms with Crippen LogP contribution in [-0.2, 0) is 0 Å². The van der Waals surface area contributed by atoms with Gasteiger partial charge in [-0.05, 0) is 82.1 Å². The Hall–Kier alpha value is -7.89. The van der Waals surface area contributed by atoms with E-state index in [2.05, 4.69) is 170 Å². The number of aromatic nitrogens is 5. The van der Waals surface area contributed by atoms with Crippen molar-refractivity contribution >= 4 is 5.57 Å². The first-order valence-electron chi connectivity index (χ1n) is 20.3. The van der Waals surface area contributed by atoms with Gasteiger partial charge in [-0.25, -0.2) is 24.9 Å². The molecule has 9 aromatic rings. The number of rotatable bonds is 9. The van der Waals surface area contributed by atoms with Gasteiger partial charge in [-0.1, -0.05) is 182 Å². The summed E-state index contributed by atoms with van der Waals surface area (Å²) in [4.78, 5) is 25.5. The molecule has 1 aliphatic carbocycles. The lowest BCUT2D eigenvalue weighted by molar-refractivity contribution is 0.978. The monoisotopic (exact) mass is 769 g/mol. The fourth-order valence-corrected chi connectivity index (χ4v) is 7.68. The molecule has 60 heavy (non-hydrogen) atoms. The molecule has 5 heteroatoms. The summed E-state index contributed by atoms with van der Waals surface area (Å²) in [7, 11) is 0. The lowest BCUT2D eigenvalue weighted by Gasteiger charge is -2.13. The Labute approximate surface area is 350 Å². The molecule has 0 amide bonds. The lowest BCUT2D eigenvalue weighted by Crippen LogP contribution is -2.03. The third kappa shape index (κ3) is 7.85. The highest BCUT2D eigenvalue weighted by Crippen LogP contribution is 2.34. The molecule has 10 rings (SSSR count). The van der Waals surface area contributed by atoms with E-state index in [4.69, 9.17) is 24.9 Å². The molecule has 284 valence electrons. The zero-order valence-electron chi connectivity index (χ0n) is 32.9. The first-order valence-corrected chi connectivity index (χ1v) is 20.3. The van der Waals surface area contributed by atoms with Crippen molar-refractivity contribution in [3.63, 3.8) is 0 Å². The minimum absolute atomic E-state index is 0.646. The smallest absolute Gasteiger partial charge is 0.164 e. The van der Waals surface area contributed by atoms with Crippen molar-refractivity contribution in [3.8, 4) is 90.1 Å². The quantitative estimate of drug-likeness (QED) is 0.146. The van der Waals surface area contributed by atoms with Crippen LogP contribution in [-0.4, -0.2) is 24.9 Å². The van der Waals surface area contributed by atoms with Crippen LogP contribution in [0.15, 0.2) is 212 Å². The highest BCUT2D eigenvalue weighted by Gasteiger charge is 2.16. The molecule has 0 N–H and O–H groups in total. The van der Waals surface area contributed by atoms with Gasteiger partial charge in [0.1, 0.15) is 0 Å². The molecule has 2 heterocycles. The average molecular weight is 770 g/mol. The maximum atomic E-state index is 5.26. The van der Waals surface area contributed by atoms with Gasteiger partial charge in [-0.15, -0.1) is 0 Å². The van der Waals surface area contributed by atoms with Gasteiger partial charge in [0.2, 0.25) is 0 Å². The number of hydrogen-bond acceptors (Lipinski definition) is 5. The molecule has 0 fully saturated rings. The van der Waals surface area contributed by atoms with Crippen LogP contribution in [0.3, 0.4) is 0 Å². The molecule has 0 saturated heterocycles. The zero-order valence-corrected chi connectivity index (χ0v) is 32.9. The molecular weight excluding hydrogens is 731 g/mol. The number of benzene rings is 7. The third-order valence-corrected chi connectivity index (χ3v) is 10.8. The summed E-state index contributed by atoms with van der Waals surface area (Å²) >= 11 is 0. The van der Waals surface area contributed by atoms with Crippen molar-refractivity contribution in [1.82, 2.24) is 24.9 Å². The predicted octanol–water partition coefficient (Wildman–Crippen LogP) is 13.7. The topological polar surface area (TPSA) is 64.5 Å². The predicted molar refractivity (Wildman–Crippen MR) is 245 cm³/mol. The molecule has 0 aliphatic heterocycles. The van der Waals surface area contributed by atoms with E-state index in [0.717, 1.165) is 96.8 Å². The largest absolute Gasteiger partial charge is 0.228 e. The van der Waals surface area contributed by atoms with E-state index in [0.29, 0.717) is 17.5 Å². The van der Waals surface area contributed by atoms with Gasteiger partial charge in [-0.2, -0.15) is 0 Å². The van der Waals surface area contributed by atoms with Gasteiger partial charge < -0.3 is 0 Å². The Morgan fingerprint density at radius 3 is 1.13 bits per heavy atom. The van der Waals surface area contributed by atoms with Crippen LogP contribution in [0.5, 0.6) is 0 Å². The minimum atomic E-state index is 0.646. The van der Waals surface area contributed by atoms with E-state index in [1.165, 1.54) is 0 Å². The summed E-state index contributed by atoms with van der Waals surface area (Å²) in [6.07, 6.45) is 8.24. The van der Waals surface area contributed by atoms with Gasteiger partial charge in [0.15, 0.2) is 23.3 Å². The molecular formula is C55H39N5. The first-order chi connectivity index (χ1) is 29.7. The number of hydrogen-bond donors (Lipinski definition) is 0. The third-order valence-electron chi connectivity index (χ3n) is 10.8. The molecule has 7 aromatic carbocycles. The van der Waals surface area contributed by atoms with Crippen LogP contribution in [0.1, 0.15) is 18.7 Å². The summed E-state index contributed by atoms with van der Waals surface area (Å²) in [5.41, 5.74) is 14.3. The van der Waals surface area contributed by atoms with E-state index in [1.54, 1.807) is 0 Å². The molecule has 1 aliphatic rings. The molecule has 2 aromatic heterocycles. The van der Waals surface area contributed by atoms with Gasteiger partial charge in [0.05, 0.1) is 11.4 Å². The molecule has 0 radical (unpaired) electrons. The van der Waals surface area contributed by atoms with E-state index in [1.807, 2.05) is 42.5 Å². The SMILES string of the molecule is C1=CCCC(c2nc(-c3ccccc3)nc(-c3cccc(-c4cccc(-c5cc(-c6cccc(-c7ccccc7)c6)nc(-c6cccc(-c7ccccc7)c6)n5)c4)c3)n2)=C1. The summed E-state index contributed by atoms with van der Waals surface area (Å²) in [6, 6.07) is 67.2. The molecule has 5 nitrogen and oxygen atoms in total. The number of nitrogens with zero attached hydrogens (tertiary/aromatic N) is 5. The van der Waals surface area contributed by atoms with Gasteiger partial charge in [0.25, 0.3) is 0 Å². The van der Waals surface area contributed by atoms with E-state index < -0.39 is 0 Å². The summed E-state index contributed by atoms with van der Waals surface area (Å²) in [6.45, 7) is 0. The Balaban J connectivity index is 1.06. The van der Waals surface area contributed by atoms with Crippen molar-refractivity contribution in [3.05, 3.63) is 218 Å². The van der Waals surface area contributed by atoms with E-state index >= 15 is 0 Å². The second kappa shape index (κ2) is 16.5. The Kier molecular flexibility index (Phi) is 10.0. The Morgan fingerprint density at radius 2 is 0.650 bits per heavy atom. The number of allylic oxidation sites excluding steroid dienone is 4. The fraction of sp³-hybridized carbons (Fsp3) is 0.0364. The van der Waals surface area contributed by atoms with Crippen molar-refractivity contribution in [2.24, 2.45) is 0 Å². The van der Waals surface area contributed by atoms with Crippen LogP contribution in [0.4, 0.5) is 0 Å². The maximum Gasteiger partial charge on any atom is 0.164 e. The first kappa shape index (κ1) is 36.5. The Bertz CT molecular complexity index is 2930. The van der Waals surface area contributed by atoms with Crippen LogP contribution < -0.4 is 0 Å². The molecule has 0 atom stereocenters. The van der Waals surface area contributed by atoms with Crippen molar-refractivity contribution in [2.75, 3.05) is 0 Å².